The molecule has 31 heavy (non-hydrogen) atoms. The molecule has 1 heterocycles. The molecule has 2 aliphatic rings. The Labute approximate surface area is 195 Å². The predicted octanol–water partition coefficient (Wildman–Crippen LogP) is 4.78. The first kappa shape index (κ1) is 22.1. The van der Waals surface area contributed by atoms with Gasteiger partial charge in [-0.2, -0.15) is 4.98 Å². The summed E-state index contributed by atoms with van der Waals surface area (Å²) in [7, 11) is 4.13. The zero-order valence-corrected chi connectivity index (χ0v) is 19.8. The predicted molar refractivity (Wildman–Crippen MR) is 133 cm³/mol. The van der Waals surface area contributed by atoms with Gasteiger partial charge in [0.25, 0.3) is 0 Å². The van der Waals surface area contributed by atoms with Gasteiger partial charge >= 0.3 is 0 Å². The Kier molecular flexibility index (Phi) is 7.13. The van der Waals surface area contributed by atoms with Crippen LogP contribution in [0.15, 0.2) is 24.3 Å². The number of thiocarbonyl (C=S) groups is 1. The van der Waals surface area contributed by atoms with Crippen LogP contribution in [-0.2, 0) is 12.8 Å². The van der Waals surface area contributed by atoms with E-state index in [9.17, 15) is 0 Å². The Hall–Kier alpha value is -2.12. The van der Waals surface area contributed by atoms with E-state index in [0.29, 0.717) is 22.2 Å². The van der Waals surface area contributed by atoms with Gasteiger partial charge in [-0.05, 0) is 75.7 Å². The highest BCUT2D eigenvalue weighted by atomic mass is 35.5. The molecule has 6 nitrogen and oxygen atoms in total. The molecule has 1 saturated carbocycles. The van der Waals surface area contributed by atoms with Crippen LogP contribution in [0.4, 0.5) is 17.5 Å². The lowest BCUT2D eigenvalue weighted by molar-refractivity contribution is 0.387. The van der Waals surface area contributed by atoms with Gasteiger partial charge in [0.15, 0.2) is 5.11 Å². The zero-order chi connectivity index (χ0) is 21.8. The highest BCUT2D eigenvalue weighted by Crippen LogP contribution is 2.29. The second-order valence-corrected chi connectivity index (χ2v) is 9.48. The average Bonchev–Trinajstić information content (AvgIpc) is 2.76. The van der Waals surface area contributed by atoms with E-state index in [1.54, 1.807) is 0 Å². The first-order chi connectivity index (χ1) is 15.0. The molecule has 1 aromatic carbocycles. The molecule has 0 saturated heterocycles. The van der Waals surface area contributed by atoms with Crippen molar-refractivity contribution in [1.29, 1.82) is 0 Å². The van der Waals surface area contributed by atoms with Crippen molar-refractivity contribution in [2.45, 2.75) is 63.5 Å². The van der Waals surface area contributed by atoms with Gasteiger partial charge in [-0.1, -0.05) is 23.7 Å². The molecule has 0 spiro atoms. The lowest BCUT2D eigenvalue weighted by Crippen LogP contribution is -2.42. The summed E-state index contributed by atoms with van der Waals surface area (Å²) in [5, 5.41) is 11.5. The number of hydrogen-bond donors (Lipinski definition) is 3. The third-order valence-electron chi connectivity index (χ3n) is 6.10. The summed E-state index contributed by atoms with van der Waals surface area (Å²) in [6.07, 6.45) is 8.81. The number of nitrogens with one attached hydrogen (secondary N) is 3. The van der Waals surface area contributed by atoms with Crippen LogP contribution in [0, 0.1) is 0 Å². The minimum atomic E-state index is 0.363. The monoisotopic (exact) mass is 458 g/mol. The molecule has 3 N–H and O–H groups in total. The highest BCUT2D eigenvalue weighted by molar-refractivity contribution is 7.80. The molecular weight excluding hydrogens is 428 g/mol. The molecule has 0 unspecified atom stereocenters. The highest BCUT2D eigenvalue weighted by Gasteiger charge is 2.24. The standard InChI is InChI=1S/C23H31ClN6S/c1-30(2)21-17-7-3-5-9-19(17)27-22(29-21)25-15-11-13-16(14-12-15)26-23(31)28-20-10-6-4-8-18(20)24/h4,6,8,10,15-16H,3,5,7,9,11-14H2,1-2H3,(H,25,27,29)(H2,26,28,31). The molecule has 8 heteroatoms. The molecule has 2 aromatic rings. The second kappa shape index (κ2) is 10.0. The third-order valence-corrected chi connectivity index (χ3v) is 6.65. The van der Waals surface area contributed by atoms with E-state index in [-0.39, 0.29) is 0 Å². The van der Waals surface area contributed by atoms with E-state index in [1.807, 2.05) is 24.3 Å². The minimum Gasteiger partial charge on any atom is -0.362 e. The van der Waals surface area contributed by atoms with Crippen LogP contribution in [-0.4, -0.2) is 41.3 Å². The molecule has 2 aliphatic carbocycles. The van der Waals surface area contributed by atoms with E-state index < -0.39 is 0 Å². The Morgan fingerprint density at radius 3 is 2.48 bits per heavy atom. The van der Waals surface area contributed by atoms with E-state index in [0.717, 1.165) is 56.0 Å². The van der Waals surface area contributed by atoms with Crippen LogP contribution in [0.3, 0.4) is 0 Å². The molecule has 0 aliphatic heterocycles. The molecule has 1 fully saturated rings. The summed E-state index contributed by atoms with van der Waals surface area (Å²) in [6, 6.07) is 8.39. The van der Waals surface area contributed by atoms with Crippen LogP contribution >= 0.6 is 23.8 Å². The van der Waals surface area contributed by atoms with Crippen molar-refractivity contribution in [3.63, 3.8) is 0 Å². The van der Waals surface area contributed by atoms with Crippen molar-refractivity contribution in [3.05, 3.63) is 40.5 Å². The van der Waals surface area contributed by atoms with Gasteiger partial charge in [-0.25, -0.2) is 4.98 Å². The summed E-state index contributed by atoms with van der Waals surface area (Å²) < 4.78 is 0. The molecular formula is C23H31ClN6S. The van der Waals surface area contributed by atoms with E-state index in [4.69, 9.17) is 33.8 Å². The fraction of sp³-hybridized carbons (Fsp3) is 0.522. The number of anilines is 3. The molecule has 0 amide bonds. The van der Waals surface area contributed by atoms with Crippen LogP contribution in [0.2, 0.25) is 5.02 Å². The Morgan fingerprint density at radius 2 is 1.74 bits per heavy atom. The van der Waals surface area contributed by atoms with Gasteiger partial charge in [0, 0.05) is 31.7 Å². The van der Waals surface area contributed by atoms with Gasteiger partial charge < -0.3 is 20.9 Å². The lowest BCUT2D eigenvalue weighted by atomic mass is 9.91. The number of aryl methyl sites for hydroxylation is 1. The van der Waals surface area contributed by atoms with Gasteiger partial charge in [0.1, 0.15) is 5.82 Å². The molecule has 0 bridgehead atoms. The summed E-state index contributed by atoms with van der Waals surface area (Å²) in [5.41, 5.74) is 3.38. The second-order valence-electron chi connectivity index (χ2n) is 8.67. The molecule has 166 valence electrons. The Bertz CT molecular complexity index is 926. The minimum absolute atomic E-state index is 0.363. The van der Waals surface area contributed by atoms with Gasteiger partial charge in [0.2, 0.25) is 5.95 Å². The van der Waals surface area contributed by atoms with E-state index >= 15 is 0 Å². The number of rotatable bonds is 5. The molecule has 4 rings (SSSR count). The normalized spacial score (nSPS) is 20.5. The maximum Gasteiger partial charge on any atom is 0.225 e. The van der Waals surface area contributed by atoms with Crippen LogP contribution < -0.4 is 20.9 Å². The lowest BCUT2D eigenvalue weighted by Gasteiger charge is -2.31. The molecule has 0 radical (unpaired) electrons. The zero-order valence-electron chi connectivity index (χ0n) is 18.2. The van der Waals surface area contributed by atoms with Crippen LogP contribution in [0.25, 0.3) is 0 Å². The molecule has 0 atom stereocenters. The molecule has 1 aromatic heterocycles. The Morgan fingerprint density at radius 1 is 1.03 bits per heavy atom. The largest absolute Gasteiger partial charge is 0.362 e. The van der Waals surface area contributed by atoms with E-state index in [2.05, 4.69) is 34.9 Å². The smallest absolute Gasteiger partial charge is 0.225 e. The van der Waals surface area contributed by atoms with Crippen molar-refractivity contribution >= 4 is 46.4 Å². The number of fused-ring (bicyclic) bond motifs is 1. The summed E-state index contributed by atoms with van der Waals surface area (Å²) in [5.74, 6) is 1.84. The number of hydrogen-bond acceptors (Lipinski definition) is 5. The van der Waals surface area contributed by atoms with Crippen molar-refractivity contribution in [3.8, 4) is 0 Å². The summed E-state index contributed by atoms with van der Waals surface area (Å²) in [6.45, 7) is 0. The Balaban J connectivity index is 1.31. The maximum absolute atomic E-state index is 6.21. The fourth-order valence-electron chi connectivity index (χ4n) is 4.48. The van der Waals surface area contributed by atoms with Crippen molar-refractivity contribution in [2.24, 2.45) is 0 Å². The maximum atomic E-state index is 6.21. The number of nitrogens with zero attached hydrogens (tertiary/aromatic N) is 3. The van der Waals surface area contributed by atoms with Gasteiger partial charge in [0.05, 0.1) is 16.4 Å². The third kappa shape index (κ3) is 5.57. The first-order valence-electron chi connectivity index (χ1n) is 11.2. The van der Waals surface area contributed by atoms with Crippen molar-refractivity contribution in [2.75, 3.05) is 29.6 Å². The van der Waals surface area contributed by atoms with Gasteiger partial charge in [-0.3, -0.25) is 0 Å². The summed E-state index contributed by atoms with van der Waals surface area (Å²) in [4.78, 5) is 11.8. The quantitative estimate of drug-likeness (QED) is 0.557. The number of benzene rings is 1. The van der Waals surface area contributed by atoms with Crippen molar-refractivity contribution < 1.29 is 0 Å². The van der Waals surface area contributed by atoms with Crippen molar-refractivity contribution in [1.82, 2.24) is 15.3 Å². The SMILES string of the molecule is CN(C)c1nc(NC2CCC(NC(=S)Nc3ccccc3Cl)CC2)nc2c1CCCC2. The van der Waals surface area contributed by atoms with Crippen LogP contribution in [0.1, 0.15) is 49.8 Å². The average molecular weight is 459 g/mol. The van der Waals surface area contributed by atoms with Crippen LogP contribution in [0.5, 0.6) is 0 Å². The number of para-hydroxylation sites is 1. The topological polar surface area (TPSA) is 65.1 Å². The van der Waals surface area contributed by atoms with Gasteiger partial charge in [-0.15, -0.1) is 0 Å². The number of halogens is 1. The first-order valence-corrected chi connectivity index (χ1v) is 11.9. The summed E-state index contributed by atoms with van der Waals surface area (Å²) >= 11 is 11.7. The van der Waals surface area contributed by atoms with E-state index in [1.165, 1.54) is 24.1 Å². The fourth-order valence-corrected chi connectivity index (χ4v) is 4.94. The number of aromatic nitrogens is 2.